The number of hydrogen-bond acceptors (Lipinski definition) is 4. The van der Waals surface area contributed by atoms with Crippen LogP contribution in [0.2, 0.25) is 0 Å². The Hall–Kier alpha value is -1.61. The van der Waals surface area contributed by atoms with Crippen molar-refractivity contribution in [3.8, 4) is 0 Å². The summed E-state index contributed by atoms with van der Waals surface area (Å²) in [6.45, 7) is 0.443. The summed E-state index contributed by atoms with van der Waals surface area (Å²) in [5, 5.41) is 10.4. The largest absolute Gasteiger partial charge is 0.478 e. The molecule has 5 nitrogen and oxygen atoms in total. The van der Waals surface area contributed by atoms with Crippen molar-refractivity contribution in [2.75, 3.05) is 11.9 Å². The summed E-state index contributed by atoms with van der Waals surface area (Å²) in [7, 11) is 0. The third-order valence-corrected chi connectivity index (χ3v) is 3.64. The highest BCUT2D eigenvalue weighted by atomic mass is 32.1. The number of hydrogen-bond donors (Lipinski definition) is 2. The van der Waals surface area contributed by atoms with Gasteiger partial charge in [-0.1, -0.05) is 0 Å². The monoisotopic (exact) mass is 295 g/mol. The molecule has 0 saturated carbocycles. The van der Waals surface area contributed by atoms with Gasteiger partial charge in [-0.15, -0.1) is 11.3 Å². The van der Waals surface area contributed by atoms with Crippen molar-refractivity contribution in [1.82, 2.24) is 0 Å². The van der Waals surface area contributed by atoms with Gasteiger partial charge in [0, 0.05) is 4.88 Å². The molecule has 1 aromatic heterocycles. The van der Waals surface area contributed by atoms with Crippen molar-refractivity contribution in [1.29, 1.82) is 0 Å². The second kappa shape index (κ2) is 4.82. The van der Waals surface area contributed by atoms with Gasteiger partial charge < -0.3 is 15.2 Å². The fourth-order valence-electron chi connectivity index (χ4n) is 1.72. The maximum absolute atomic E-state index is 12.2. The molecule has 0 bridgehead atoms. The molecule has 0 radical (unpaired) electrons. The summed E-state index contributed by atoms with van der Waals surface area (Å²) < 4.78 is 41.6. The van der Waals surface area contributed by atoms with E-state index in [1.807, 2.05) is 0 Å². The zero-order valence-electron chi connectivity index (χ0n) is 9.34. The Morgan fingerprint density at radius 1 is 1.37 bits per heavy atom. The number of fused-ring (bicyclic) bond motifs is 1. The van der Waals surface area contributed by atoms with Crippen LogP contribution in [0.15, 0.2) is 0 Å². The highest BCUT2D eigenvalue weighted by Gasteiger charge is 2.40. The maximum Gasteiger partial charge on any atom is 0.471 e. The van der Waals surface area contributed by atoms with Gasteiger partial charge in [-0.3, -0.25) is 4.79 Å². The number of nitrogens with one attached hydrogen (secondary N) is 1. The number of ether oxygens (including phenoxy) is 1. The Bertz CT molecular complexity index is 538. The van der Waals surface area contributed by atoms with Crippen LogP contribution in [0, 0.1) is 0 Å². The van der Waals surface area contributed by atoms with Crippen molar-refractivity contribution >= 4 is 28.2 Å². The van der Waals surface area contributed by atoms with Crippen LogP contribution in [0.3, 0.4) is 0 Å². The SMILES string of the molecule is O=C(O)c1c(NC(=O)C(F)(F)F)sc2c1CCOC2. The Kier molecular flexibility index (Phi) is 3.50. The molecule has 2 N–H and O–H groups in total. The van der Waals surface area contributed by atoms with E-state index in [-0.39, 0.29) is 17.2 Å². The summed E-state index contributed by atoms with van der Waals surface area (Å²) in [5.41, 5.74) is 0.155. The number of rotatable bonds is 2. The minimum Gasteiger partial charge on any atom is -0.478 e. The van der Waals surface area contributed by atoms with Gasteiger partial charge in [0.25, 0.3) is 0 Å². The van der Waals surface area contributed by atoms with E-state index in [2.05, 4.69) is 0 Å². The molecule has 0 atom stereocenters. The van der Waals surface area contributed by atoms with E-state index in [9.17, 15) is 22.8 Å². The summed E-state index contributed by atoms with van der Waals surface area (Å²) in [5.74, 6) is -3.55. The minimum absolute atomic E-state index is 0.141. The molecule has 0 spiro atoms. The number of amides is 1. The number of thiophene rings is 1. The van der Waals surface area contributed by atoms with Gasteiger partial charge in [0.05, 0.1) is 18.8 Å². The molecule has 0 fully saturated rings. The Morgan fingerprint density at radius 2 is 2.05 bits per heavy atom. The lowest BCUT2D eigenvalue weighted by Gasteiger charge is -2.12. The van der Waals surface area contributed by atoms with Crippen molar-refractivity contribution < 1.29 is 32.6 Å². The van der Waals surface area contributed by atoms with Gasteiger partial charge in [0.15, 0.2) is 0 Å². The summed E-state index contributed by atoms with van der Waals surface area (Å²) in [6, 6.07) is 0. The van der Waals surface area contributed by atoms with Gasteiger partial charge >= 0.3 is 18.1 Å². The molecule has 1 aliphatic rings. The van der Waals surface area contributed by atoms with Crippen LogP contribution in [0.25, 0.3) is 0 Å². The number of carbonyl (C=O) groups is 2. The molecule has 1 amide bonds. The van der Waals surface area contributed by atoms with E-state index in [0.29, 0.717) is 23.5 Å². The van der Waals surface area contributed by atoms with Gasteiger partial charge in [0.2, 0.25) is 0 Å². The normalized spacial score (nSPS) is 14.9. The van der Waals surface area contributed by atoms with E-state index in [0.717, 1.165) is 11.3 Å². The van der Waals surface area contributed by atoms with Gasteiger partial charge in [-0.05, 0) is 12.0 Å². The summed E-state index contributed by atoms with van der Waals surface area (Å²) in [6.07, 6.45) is -4.76. The topological polar surface area (TPSA) is 75.6 Å². The standard InChI is InChI=1S/C10H8F3NO4S/c11-10(12,13)9(17)14-7-6(8(15)16)4-1-2-18-3-5(4)19-7/h1-3H2,(H,14,17)(H,15,16). The number of carbonyl (C=O) groups excluding carboxylic acids is 1. The molecule has 1 aromatic rings. The molecule has 0 aromatic carbocycles. The van der Waals surface area contributed by atoms with Crippen molar-refractivity contribution in [3.05, 3.63) is 16.0 Å². The van der Waals surface area contributed by atoms with Crippen molar-refractivity contribution in [2.45, 2.75) is 19.2 Å². The van der Waals surface area contributed by atoms with E-state index < -0.39 is 18.1 Å². The highest BCUT2D eigenvalue weighted by Crippen LogP contribution is 2.37. The lowest BCUT2D eigenvalue weighted by molar-refractivity contribution is -0.167. The number of carboxylic acids is 1. The molecule has 1 aliphatic heterocycles. The maximum atomic E-state index is 12.2. The van der Waals surface area contributed by atoms with Crippen LogP contribution in [0.1, 0.15) is 20.8 Å². The van der Waals surface area contributed by atoms with E-state index >= 15 is 0 Å². The lowest BCUT2D eigenvalue weighted by atomic mass is 10.1. The van der Waals surface area contributed by atoms with E-state index in [1.54, 1.807) is 5.32 Å². The molecular weight excluding hydrogens is 287 g/mol. The number of carboxylic acid groups (broad SMARTS) is 1. The first-order valence-electron chi connectivity index (χ1n) is 5.14. The van der Waals surface area contributed by atoms with Crippen LogP contribution in [-0.4, -0.2) is 29.8 Å². The molecule has 19 heavy (non-hydrogen) atoms. The first-order chi connectivity index (χ1) is 8.80. The van der Waals surface area contributed by atoms with Crippen molar-refractivity contribution in [2.24, 2.45) is 0 Å². The number of anilines is 1. The predicted octanol–water partition coefficient (Wildman–Crippen LogP) is 2.02. The average molecular weight is 295 g/mol. The predicted molar refractivity (Wildman–Crippen MR) is 59.3 cm³/mol. The molecule has 2 heterocycles. The smallest absolute Gasteiger partial charge is 0.471 e. The zero-order chi connectivity index (χ0) is 14.2. The molecule has 0 saturated heterocycles. The number of aromatic carboxylic acids is 1. The third-order valence-electron chi connectivity index (χ3n) is 2.52. The van der Waals surface area contributed by atoms with Crippen LogP contribution in [0.5, 0.6) is 0 Å². The minimum atomic E-state index is -5.06. The highest BCUT2D eigenvalue weighted by molar-refractivity contribution is 7.17. The molecular formula is C10H8F3NO4S. The van der Waals surface area contributed by atoms with Crippen molar-refractivity contribution in [3.63, 3.8) is 0 Å². The average Bonchev–Trinajstić information content (AvgIpc) is 2.65. The van der Waals surface area contributed by atoms with Gasteiger partial charge in [-0.25, -0.2) is 4.79 Å². The van der Waals surface area contributed by atoms with Crippen LogP contribution in [-0.2, 0) is 22.6 Å². The van der Waals surface area contributed by atoms with Crippen LogP contribution in [0.4, 0.5) is 18.2 Å². The quantitative estimate of drug-likeness (QED) is 0.875. The fraction of sp³-hybridized carbons (Fsp3) is 0.400. The zero-order valence-corrected chi connectivity index (χ0v) is 10.2. The molecule has 9 heteroatoms. The van der Waals surface area contributed by atoms with E-state index in [4.69, 9.17) is 9.84 Å². The van der Waals surface area contributed by atoms with Crippen LogP contribution < -0.4 is 5.32 Å². The second-order valence-electron chi connectivity index (χ2n) is 3.77. The summed E-state index contributed by atoms with van der Waals surface area (Å²) in [4.78, 5) is 22.5. The Morgan fingerprint density at radius 3 is 2.63 bits per heavy atom. The number of halogens is 3. The van der Waals surface area contributed by atoms with Gasteiger partial charge in [-0.2, -0.15) is 13.2 Å². The first kappa shape index (κ1) is 13.8. The van der Waals surface area contributed by atoms with E-state index in [1.165, 1.54) is 0 Å². The number of alkyl halides is 3. The summed E-state index contributed by atoms with van der Waals surface area (Å²) >= 11 is 0.797. The second-order valence-corrected chi connectivity index (χ2v) is 4.87. The van der Waals surface area contributed by atoms with Crippen LogP contribution >= 0.6 is 11.3 Å². The molecule has 0 unspecified atom stereocenters. The molecule has 0 aliphatic carbocycles. The first-order valence-corrected chi connectivity index (χ1v) is 5.96. The third kappa shape index (κ3) is 2.71. The Labute approximate surface area is 109 Å². The fourth-order valence-corrected chi connectivity index (χ4v) is 2.89. The molecule has 2 rings (SSSR count). The Balaban J connectivity index is 2.38. The van der Waals surface area contributed by atoms with Gasteiger partial charge in [0.1, 0.15) is 5.00 Å². The molecule has 104 valence electrons. The lowest BCUT2D eigenvalue weighted by Crippen LogP contribution is -2.30.